The highest BCUT2D eigenvalue weighted by Crippen LogP contribution is 2.05. The molecule has 1 rings (SSSR count). The fraction of sp³-hybridized carbons (Fsp3) is 0.571. The van der Waals surface area contributed by atoms with Gasteiger partial charge in [0.15, 0.2) is 0 Å². The second-order valence-electron chi connectivity index (χ2n) is 2.79. The van der Waals surface area contributed by atoms with Gasteiger partial charge in [0.2, 0.25) is 10.0 Å². The second-order valence-corrected chi connectivity index (χ2v) is 5.01. The van der Waals surface area contributed by atoms with Gasteiger partial charge >= 0.3 is 0 Å². The topological polar surface area (TPSA) is 74.8 Å². The van der Waals surface area contributed by atoms with Crippen molar-refractivity contribution in [3.05, 3.63) is 12.3 Å². The molecule has 7 heteroatoms. The molecule has 0 spiro atoms. The lowest BCUT2D eigenvalue weighted by Gasteiger charge is -2.04. The van der Waals surface area contributed by atoms with E-state index >= 15 is 0 Å². The zero-order valence-corrected chi connectivity index (χ0v) is 9.11. The van der Waals surface area contributed by atoms with Gasteiger partial charge in [0.1, 0.15) is 5.82 Å². The van der Waals surface area contributed by atoms with Crippen LogP contribution in [0.2, 0.25) is 0 Å². The Morgan fingerprint density at radius 2 is 2.29 bits per heavy atom. The Balaban J connectivity index is 2.42. The number of aromatic amines is 1. The lowest BCUT2D eigenvalue weighted by molar-refractivity contribution is 0.598. The Morgan fingerprint density at radius 1 is 1.50 bits per heavy atom. The highest BCUT2D eigenvalue weighted by atomic mass is 35.5. The number of halogens is 1. The largest absolute Gasteiger partial charge is 0.268 e. The summed E-state index contributed by atoms with van der Waals surface area (Å²) in [5.74, 6) is 0.953. The van der Waals surface area contributed by atoms with Crippen molar-refractivity contribution in [1.82, 2.24) is 10.2 Å². The van der Waals surface area contributed by atoms with Crippen LogP contribution in [0, 0.1) is 0 Å². The maximum atomic E-state index is 11.4. The Labute approximate surface area is 87.9 Å². The molecule has 0 radical (unpaired) electrons. The molecule has 14 heavy (non-hydrogen) atoms. The average molecular weight is 238 g/mol. The fourth-order valence-corrected chi connectivity index (χ4v) is 2.24. The number of hydrogen-bond acceptors (Lipinski definition) is 3. The van der Waals surface area contributed by atoms with Crippen LogP contribution in [0.4, 0.5) is 5.82 Å². The lowest BCUT2D eigenvalue weighted by Crippen LogP contribution is -2.17. The van der Waals surface area contributed by atoms with Crippen LogP contribution in [-0.2, 0) is 10.0 Å². The molecule has 80 valence electrons. The maximum absolute atomic E-state index is 11.4. The van der Waals surface area contributed by atoms with Crippen LogP contribution >= 0.6 is 11.6 Å². The van der Waals surface area contributed by atoms with Gasteiger partial charge in [-0.05, 0) is 12.8 Å². The molecule has 0 aliphatic carbocycles. The summed E-state index contributed by atoms with van der Waals surface area (Å²) in [6, 6.07) is 1.55. The van der Waals surface area contributed by atoms with Gasteiger partial charge in [-0.3, -0.25) is 9.82 Å². The van der Waals surface area contributed by atoms with Gasteiger partial charge < -0.3 is 0 Å². The third kappa shape index (κ3) is 3.97. The zero-order chi connectivity index (χ0) is 10.4. The summed E-state index contributed by atoms with van der Waals surface area (Å²) < 4.78 is 25.1. The van der Waals surface area contributed by atoms with Crippen LogP contribution in [0.15, 0.2) is 12.3 Å². The van der Waals surface area contributed by atoms with Crippen molar-refractivity contribution in [3.63, 3.8) is 0 Å². The molecule has 0 aliphatic heterocycles. The molecule has 1 heterocycles. The molecular formula is C7H12ClN3O2S. The molecule has 0 saturated heterocycles. The molecule has 1 aromatic rings. The molecule has 0 aromatic carbocycles. The highest BCUT2D eigenvalue weighted by Gasteiger charge is 2.09. The summed E-state index contributed by atoms with van der Waals surface area (Å²) in [6.07, 6.45) is 2.75. The van der Waals surface area contributed by atoms with Gasteiger partial charge in [0.25, 0.3) is 0 Å². The second kappa shape index (κ2) is 5.21. The van der Waals surface area contributed by atoms with Gasteiger partial charge in [-0.1, -0.05) is 0 Å². The van der Waals surface area contributed by atoms with Crippen molar-refractivity contribution in [3.8, 4) is 0 Å². The third-order valence-corrected chi connectivity index (χ3v) is 3.19. The summed E-state index contributed by atoms with van der Waals surface area (Å²) in [5, 5.41) is 6.15. The number of sulfonamides is 1. The summed E-state index contributed by atoms with van der Waals surface area (Å²) in [5.41, 5.74) is 0. The number of hydrogen-bond donors (Lipinski definition) is 2. The lowest BCUT2D eigenvalue weighted by atomic mass is 10.4. The van der Waals surface area contributed by atoms with E-state index < -0.39 is 10.0 Å². The van der Waals surface area contributed by atoms with Crippen LogP contribution in [0.1, 0.15) is 12.8 Å². The molecule has 0 fully saturated rings. The number of alkyl halides is 1. The number of aromatic nitrogens is 2. The zero-order valence-electron chi connectivity index (χ0n) is 7.53. The summed E-state index contributed by atoms with van der Waals surface area (Å²) in [6.45, 7) is 0. The van der Waals surface area contributed by atoms with Crippen LogP contribution in [0.5, 0.6) is 0 Å². The van der Waals surface area contributed by atoms with E-state index in [1.165, 1.54) is 6.20 Å². The Kier molecular flexibility index (Phi) is 4.21. The minimum absolute atomic E-state index is 0.0821. The molecule has 0 aliphatic rings. The van der Waals surface area contributed by atoms with E-state index in [4.69, 9.17) is 11.6 Å². The monoisotopic (exact) mass is 237 g/mol. The molecule has 0 atom stereocenters. The van der Waals surface area contributed by atoms with Crippen LogP contribution in [-0.4, -0.2) is 30.2 Å². The minimum Gasteiger partial charge on any atom is -0.268 e. The standard InChI is InChI=1S/C7H12ClN3O2S/c8-4-1-2-6-14(12,13)11-7-3-5-9-10-7/h3,5H,1-2,4,6H2,(H2,9,10,11). The summed E-state index contributed by atoms with van der Waals surface area (Å²) in [7, 11) is -3.26. The molecule has 5 nitrogen and oxygen atoms in total. The quantitative estimate of drug-likeness (QED) is 0.576. The minimum atomic E-state index is -3.26. The molecular weight excluding hydrogens is 226 g/mol. The first kappa shape index (κ1) is 11.3. The Hall–Kier alpha value is -0.750. The molecule has 0 saturated carbocycles. The first-order valence-electron chi connectivity index (χ1n) is 4.20. The van der Waals surface area contributed by atoms with E-state index in [0.717, 1.165) is 0 Å². The van der Waals surface area contributed by atoms with Crippen molar-refractivity contribution >= 4 is 27.4 Å². The smallest absolute Gasteiger partial charge is 0.233 e. The van der Waals surface area contributed by atoms with Crippen molar-refractivity contribution < 1.29 is 8.42 Å². The van der Waals surface area contributed by atoms with Gasteiger partial charge in [-0.25, -0.2) is 8.42 Å². The van der Waals surface area contributed by atoms with E-state index in [0.29, 0.717) is 24.5 Å². The summed E-state index contributed by atoms with van der Waals surface area (Å²) in [4.78, 5) is 0. The third-order valence-electron chi connectivity index (χ3n) is 1.56. The number of H-pyrrole nitrogens is 1. The normalized spacial score (nSPS) is 11.5. The SMILES string of the molecule is O=S(=O)(CCCCCl)Nc1ccn[nH]1. The molecule has 0 bridgehead atoms. The molecule has 0 unspecified atom stereocenters. The fourth-order valence-electron chi connectivity index (χ4n) is 0.918. The van der Waals surface area contributed by atoms with Crippen LogP contribution < -0.4 is 4.72 Å². The first-order chi connectivity index (χ1) is 6.64. The van der Waals surface area contributed by atoms with E-state index in [-0.39, 0.29) is 5.75 Å². The molecule has 1 aromatic heterocycles. The van der Waals surface area contributed by atoms with Crippen molar-refractivity contribution in [2.75, 3.05) is 16.4 Å². The highest BCUT2D eigenvalue weighted by molar-refractivity contribution is 7.92. The van der Waals surface area contributed by atoms with Gasteiger partial charge in [-0.15, -0.1) is 11.6 Å². The van der Waals surface area contributed by atoms with Crippen molar-refractivity contribution in [2.24, 2.45) is 0 Å². The van der Waals surface area contributed by atoms with Crippen molar-refractivity contribution in [1.29, 1.82) is 0 Å². The van der Waals surface area contributed by atoms with Crippen molar-refractivity contribution in [2.45, 2.75) is 12.8 Å². The number of nitrogens with one attached hydrogen (secondary N) is 2. The molecule has 2 N–H and O–H groups in total. The number of rotatable bonds is 6. The van der Waals surface area contributed by atoms with E-state index in [1.54, 1.807) is 6.07 Å². The number of nitrogens with zero attached hydrogens (tertiary/aromatic N) is 1. The van der Waals surface area contributed by atoms with Gasteiger partial charge in [0.05, 0.1) is 11.9 Å². The predicted octanol–water partition coefficient (Wildman–Crippen LogP) is 1.17. The average Bonchev–Trinajstić information content (AvgIpc) is 2.56. The Morgan fingerprint density at radius 3 is 2.86 bits per heavy atom. The number of unbranched alkanes of at least 4 members (excludes halogenated alkanes) is 1. The maximum Gasteiger partial charge on any atom is 0.233 e. The van der Waals surface area contributed by atoms with E-state index in [1.807, 2.05) is 0 Å². The van der Waals surface area contributed by atoms with Crippen LogP contribution in [0.3, 0.4) is 0 Å². The molecule has 0 amide bonds. The van der Waals surface area contributed by atoms with Crippen LogP contribution in [0.25, 0.3) is 0 Å². The number of anilines is 1. The first-order valence-corrected chi connectivity index (χ1v) is 6.38. The van der Waals surface area contributed by atoms with Gasteiger partial charge in [-0.2, -0.15) is 5.10 Å². The van der Waals surface area contributed by atoms with E-state index in [9.17, 15) is 8.42 Å². The predicted molar refractivity (Wildman–Crippen MR) is 56.0 cm³/mol. The van der Waals surface area contributed by atoms with Gasteiger partial charge in [0, 0.05) is 11.9 Å². The summed E-state index contributed by atoms with van der Waals surface area (Å²) >= 11 is 5.44. The van der Waals surface area contributed by atoms with E-state index in [2.05, 4.69) is 14.9 Å². The Bertz CT molecular complexity index is 349.